The van der Waals surface area contributed by atoms with Crippen LogP contribution in [0, 0.1) is 0 Å². The van der Waals surface area contributed by atoms with Crippen molar-refractivity contribution in [3.63, 3.8) is 0 Å². The largest absolute Gasteiger partial charge is 0.316 e. The second-order valence-corrected chi connectivity index (χ2v) is 7.19. The summed E-state index contributed by atoms with van der Waals surface area (Å²) in [5.41, 5.74) is 0. The summed E-state index contributed by atoms with van der Waals surface area (Å²) in [4.78, 5) is 0. The molecule has 106 valence electrons. The van der Waals surface area contributed by atoms with Crippen molar-refractivity contribution in [3.05, 3.63) is 5.82 Å². The minimum Gasteiger partial charge on any atom is -0.316 e. The van der Waals surface area contributed by atoms with Crippen LogP contribution in [0.15, 0.2) is 5.16 Å². The van der Waals surface area contributed by atoms with E-state index in [1.165, 1.54) is 31.5 Å². The topological polar surface area (TPSA) is 42.7 Å². The lowest BCUT2D eigenvalue weighted by Crippen LogP contribution is -2.33. The van der Waals surface area contributed by atoms with Crippen LogP contribution in [0.5, 0.6) is 0 Å². The molecule has 2 saturated carbocycles. The SMILES string of the molecule is CCC(NC)C(C)Sc1nnc(C2CC2)n1C1CC1. The highest BCUT2D eigenvalue weighted by Gasteiger charge is 2.36. The minimum absolute atomic E-state index is 0.531. The van der Waals surface area contributed by atoms with Crippen molar-refractivity contribution >= 4 is 11.8 Å². The molecular formula is C14H24N4S. The summed E-state index contributed by atoms with van der Waals surface area (Å²) in [7, 11) is 2.05. The van der Waals surface area contributed by atoms with E-state index < -0.39 is 0 Å². The van der Waals surface area contributed by atoms with Crippen molar-refractivity contribution in [3.8, 4) is 0 Å². The van der Waals surface area contributed by atoms with Crippen LogP contribution in [-0.4, -0.2) is 33.1 Å². The smallest absolute Gasteiger partial charge is 0.191 e. The average molecular weight is 280 g/mol. The molecule has 0 radical (unpaired) electrons. The lowest BCUT2D eigenvalue weighted by molar-refractivity contribution is 0.538. The van der Waals surface area contributed by atoms with E-state index in [4.69, 9.17) is 0 Å². The molecule has 0 spiro atoms. The summed E-state index contributed by atoms with van der Waals surface area (Å²) < 4.78 is 2.45. The Hall–Kier alpha value is -0.550. The fourth-order valence-electron chi connectivity index (χ4n) is 2.68. The Morgan fingerprint density at radius 3 is 2.58 bits per heavy atom. The third-order valence-corrected chi connectivity index (χ3v) is 5.40. The molecule has 2 atom stereocenters. The molecule has 2 fully saturated rings. The summed E-state index contributed by atoms with van der Waals surface area (Å²) in [6, 6.07) is 1.23. The highest BCUT2D eigenvalue weighted by atomic mass is 32.2. The van der Waals surface area contributed by atoms with Crippen molar-refractivity contribution in [2.45, 2.75) is 74.4 Å². The number of rotatable bonds is 7. The zero-order valence-electron chi connectivity index (χ0n) is 12.1. The van der Waals surface area contributed by atoms with Crippen LogP contribution in [0.1, 0.15) is 63.7 Å². The Morgan fingerprint density at radius 2 is 2.05 bits per heavy atom. The minimum atomic E-state index is 0.531. The van der Waals surface area contributed by atoms with Gasteiger partial charge in [-0.1, -0.05) is 25.6 Å². The van der Waals surface area contributed by atoms with Crippen molar-refractivity contribution in [1.82, 2.24) is 20.1 Å². The van der Waals surface area contributed by atoms with Gasteiger partial charge in [0.15, 0.2) is 5.16 Å². The zero-order chi connectivity index (χ0) is 13.4. The standard InChI is InChI=1S/C14H24N4S/c1-4-12(15-3)9(2)19-14-17-16-13(10-5-6-10)18(14)11-7-8-11/h9-12,15H,4-8H2,1-3H3. The fourth-order valence-corrected chi connectivity index (χ4v) is 3.95. The van der Waals surface area contributed by atoms with E-state index in [1.807, 2.05) is 18.8 Å². The summed E-state index contributed by atoms with van der Waals surface area (Å²) in [5, 5.41) is 14.0. The van der Waals surface area contributed by atoms with Crippen LogP contribution < -0.4 is 5.32 Å². The molecule has 3 rings (SSSR count). The predicted octanol–water partition coefficient (Wildman–Crippen LogP) is 2.97. The van der Waals surface area contributed by atoms with Crippen molar-refractivity contribution in [2.24, 2.45) is 0 Å². The Kier molecular flexibility index (Phi) is 3.85. The third-order valence-electron chi connectivity index (χ3n) is 4.21. The molecule has 0 saturated heterocycles. The first kappa shape index (κ1) is 13.4. The normalized spacial score (nSPS) is 22.5. The van der Waals surface area contributed by atoms with Gasteiger partial charge in [-0.05, 0) is 39.2 Å². The van der Waals surface area contributed by atoms with Gasteiger partial charge >= 0.3 is 0 Å². The van der Waals surface area contributed by atoms with Crippen LogP contribution in [0.3, 0.4) is 0 Å². The van der Waals surface area contributed by atoms with Crippen LogP contribution in [-0.2, 0) is 0 Å². The van der Waals surface area contributed by atoms with Crippen LogP contribution in [0.4, 0.5) is 0 Å². The molecule has 1 N–H and O–H groups in total. The molecule has 0 aromatic carbocycles. The fraction of sp³-hybridized carbons (Fsp3) is 0.857. The summed E-state index contributed by atoms with van der Waals surface area (Å²) in [5.74, 6) is 1.96. The number of hydrogen-bond donors (Lipinski definition) is 1. The molecule has 4 nitrogen and oxygen atoms in total. The molecule has 1 heterocycles. The van der Waals surface area contributed by atoms with Crippen molar-refractivity contribution in [2.75, 3.05) is 7.05 Å². The monoisotopic (exact) mass is 280 g/mol. The van der Waals surface area contributed by atoms with Gasteiger partial charge in [0.1, 0.15) is 5.82 Å². The Labute approximate surface area is 119 Å². The van der Waals surface area contributed by atoms with Gasteiger partial charge in [-0.15, -0.1) is 10.2 Å². The third kappa shape index (κ3) is 2.82. The second kappa shape index (κ2) is 5.44. The zero-order valence-corrected chi connectivity index (χ0v) is 12.9. The molecule has 2 aliphatic carbocycles. The summed E-state index contributed by atoms with van der Waals surface area (Å²) in [6.07, 6.45) is 6.38. The first-order valence-electron chi connectivity index (χ1n) is 7.53. The number of thioether (sulfide) groups is 1. The first-order chi connectivity index (χ1) is 9.24. The summed E-state index contributed by atoms with van der Waals surface area (Å²) >= 11 is 1.89. The molecular weight excluding hydrogens is 256 g/mol. The predicted molar refractivity (Wildman–Crippen MR) is 78.7 cm³/mol. The highest BCUT2D eigenvalue weighted by molar-refractivity contribution is 7.99. The molecule has 19 heavy (non-hydrogen) atoms. The van der Waals surface area contributed by atoms with E-state index in [0.29, 0.717) is 23.3 Å². The molecule has 2 unspecified atom stereocenters. The van der Waals surface area contributed by atoms with Gasteiger partial charge in [0.25, 0.3) is 0 Å². The Morgan fingerprint density at radius 1 is 1.32 bits per heavy atom. The number of hydrogen-bond acceptors (Lipinski definition) is 4. The summed E-state index contributed by atoms with van der Waals surface area (Å²) in [6.45, 7) is 4.53. The van der Waals surface area contributed by atoms with E-state index in [2.05, 4.69) is 33.9 Å². The number of nitrogens with one attached hydrogen (secondary N) is 1. The van der Waals surface area contributed by atoms with Gasteiger partial charge in [0.2, 0.25) is 0 Å². The first-order valence-corrected chi connectivity index (χ1v) is 8.41. The van der Waals surface area contributed by atoms with Crippen LogP contribution in [0.2, 0.25) is 0 Å². The lowest BCUT2D eigenvalue weighted by atomic mass is 10.2. The maximum atomic E-state index is 4.48. The molecule has 1 aromatic heterocycles. The molecule has 0 aliphatic heterocycles. The van der Waals surface area contributed by atoms with E-state index >= 15 is 0 Å². The molecule has 1 aromatic rings. The average Bonchev–Trinajstić information content (AvgIpc) is 3.31. The Bertz CT molecular complexity index is 433. The molecule has 2 aliphatic rings. The van der Waals surface area contributed by atoms with Crippen LogP contribution in [0.25, 0.3) is 0 Å². The molecule has 0 amide bonds. The van der Waals surface area contributed by atoms with E-state index in [0.717, 1.165) is 11.6 Å². The van der Waals surface area contributed by atoms with Gasteiger partial charge in [-0.2, -0.15) is 0 Å². The Balaban J connectivity index is 1.76. The number of aromatic nitrogens is 3. The van der Waals surface area contributed by atoms with Gasteiger partial charge in [0.05, 0.1) is 0 Å². The van der Waals surface area contributed by atoms with Gasteiger partial charge < -0.3 is 9.88 Å². The maximum Gasteiger partial charge on any atom is 0.191 e. The molecule has 5 heteroatoms. The number of nitrogens with zero attached hydrogens (tertiary/aromatic N) is 3. The van der Waals surface area contributed by atoms with Crippen molar-refractivity contribution in [1.29, 1.82) is 0 Å². The maximum absolute atomic E-state index is 4.48. The van der Waals surface area contributed by atoms with Crippen molar-refractivity contribution < 1.29 is 0 Å². The lowest BCUT2D eigenvalue weighted by Gasteiger charge is -2.21. The second-order valence-electron chi connectivity index (χ2n) is 5.84. The van der Waals surface area contributed by atoms with Crippen LogP contribution >= 0.6 is 11.8 Å². The van der Waals surface area contributed by atoms with Gasteiger partial charge in [0, 0.05) is 23.3 Å². The van der Waals surface area contributed by atoms with E-state index in [-0.39, 0.29) is 0 Å². The van der Waals surface area contributed by atoms with E-state index in [9.17, 15) is 0 Å². The molecule has 0 bridgehead atoms. The van der Waals surface area contributed by atoms with E-state index in [1.54, 1.807) is 0 Å². The van der Waals surface area contributed by atoms with Gasteiger partial charge in [-0.3, -0.25) is 0 Å². The van der Waals surface area contributed by atoms with Gasteiger partial charge in [-0.25, -0.2) is 0 Å². The quantitative estimate of drug-likeness (QED) is 0.780. The highest BCUT2D eigenvalue weighted by Crippen LogP contribution is 2.46.